The predicted octanol–water partition coefficient (Wildman–Crippen LogP) is 3.20. The standard InChI is InChI=1S/C16H23NO/c1-4-14(5-2)9-10-15-7-6-8-16(11-15)18-13(3)12-17/h6-8,11,13-14H,4-5,12,17H2,1-3H3. The van der Waals surface area contributed by atoms with Crippen LogP contribution < -0.4 is 10.5 Å². The largest absolute Gasteiger partial charge is 0.489 e. The van der Waals surface area contributed by atoms with Gasteiger partial charge in [-0.1, -0.05) is 31.8 Å². The number of benzene rings is 1. The summed E-state index contributed by atoms with van der Waals surface area (Å²) in [6, 6.07) is 7.89. The Morgan fingerprint density at radius 2 is 2.00 bits per heavy atom. The molecule has 0 saturated carbocycles. The minimum atomic E-state index is 0.0345. The fraction of sp³-hybridized carbons (Fsp3) is 0.500. The first-order chi connectivity index (χ1) is 8.69. The zero-order valence-electron chi connectivity index (χ0n) is 11.6. The number of hydrogen-bond acceptors (Lipinski definition) is 2. The van der Waals surface area contributed by atoms with Crippen LogP contribution in [-0.2, 0) is 0 Å². The third-order valence-corrected chi connectivity index (χ3v) is 2.91. The van der Waals surface area contributed by atoms with E-state index in [9.17, 15) is 0 Å². The normalized spacial score (nSPS) is 11.8. The third kappa shape index (κ3) is 4.81. The molecule has 0 fully saturated rings. The second kappa shape index (κ2) is 7.79. The molecule has 98 valence electrons. The average molecular weight is 245 g/mol. The second-order valence-electron chi connectivity index (χ2n) is 4.47. The monoisotopic (exact) mass is 245 g/mol. The van der Waals surface area contributed by atoms with E-state index in [-0.39, 0.29) is 6.10 Å². The van der Waals surface area contributed by atoms with Gasteiger partial charge in [0.1, 0.15) is 11.9 Å². The molecular formula is C16H23NO. The van der Waals surface area contributed by atoms with Crippen LogP contribution in [0.4, 0.5) is 0 Å². The Morgan fingerprint density at radius 1 is 1.28 bits per heavy atom. The van der Waals surface area contributed by atoms with Gasteiger partial charge in [0, 0.05) is 18.0 Å². The summed E-state index contributed by atoms with van der Waals surface area (Å²) in [5.41, 5.74) is 6.54. The summed E-state index contributed by atoms with van der Waals surface area (Å²) in [6.45, 7) is 6.82. The van der Waals surface area contributed by atoms with E-state index < -0.39 is 0 Å². The molecule has 0 aliphatic carbocycles. The molecule has 0 heterocycles. The Morgan fingerprint density at radius 3 is 2.61 bits per heavy atom. The van der Waals surface area contributed by atoms with Gasteiger partial charge in [-0.25, -0.2) is 0 Å². The van der Waals surface area contributed by atoms with E-state index in [1.54, 1.807) is 0 Å². The van der Waals surface area contributed by atoms with Crippen molar-refractivity contribution < 1.29 is 4.74 Å². The fourth-order valence-electron chi connectivity index (χ4n) is 1.61. The molecule has 2 heteroatoms. The lowest BCUT2D eigenvalue weighted by molar-refractivity contribution is 0.230. The molecule has 0 bridgehead atoms. The van der Waals surface area contributed by atoms with Gasteiger partial charge in [-0.15, -0.1) is 0 Å². The molecule has 2 nitrogen and oxygen atoms in total. The first kappa shape index (κ1) is 14.6. The maximum atomic E-state index is 5.67. The molecule has 18 heavy (non-hydrogen) atoms. The van der Waals surface area contributed by atoms with Gasteiger partial charge in [0.05, 0.1) is 0 Å². The third-order valence-electron chi connectivity index (χ3n) is 2.91. The smallest absolute Gasteiger partial charge is 0.121 e. The van der Waals surface area contributed by atoms with Crippen LogP contribution in [0.5, 0.6) is 5.75 Å². The predicted molar refractivity (Wildman–Crippen MR) is 76.5 cm³/mol. The summed E-state index contributed by atoms with van der Waals surface area (Å²) in [7, 11) is 0. The van der Waals surface area contributed by atoms with Crippen LogP contribution in [0.1, 0.15) is 39.2 Å². The van der Waals surface area contributed by atoms with Crippen LogP contribution in [0.2, 0.25) is 0 Å². The SMILES string of the molecule is CCC(C#Cc1cccc(OC(C)CN)c1)CC. The lowest BCUT2D eigenvalue weighted by Crippen LogP contribution is -2.22. The van der Waals surface area contributed by atoms with Crippen LogP contribution in [-0.4, -0.2) is 12.6 Å². The van der Waals surface area contributed by atoms with Crippen molar-refractivity contribution in [2.45, 2.75) is 39.7 Å². The summed E-state index contributed by atoms with van der Waals surface area (Å²) in [6.07, 6.45) is 2.24. The summed E-state index contributed by atoms with van der Waals surface area (Å²) in [5.74, 6) is 7.84. The molecule has 0 spiro atoms. The average Bonchev–Trinajstić information content (AvgIpc) is 2.40. The minimum Gasteiger partial charge on any atom is -0.489 e. The molecule has 0 saturated heterocycles. The second-order valence-corrected chi connectivity index (χ2v) is 4.47. The molecule has 2 N–H and O–H groups in total. The summed E-state index contributed by atoms with van der Waals surface area (Å²) in [5, 5.41) is 0. The Labute approximate surface area is 111 Å². The summed E-state index contributed by atoms with van der Waals surface area (Å²) < 4.78 is 5.67. The van der Waals surface area contributed by atoms with Gasteiger partial charge in [0.2, 0.25) is 0 Å². The van der Waals surface area contributed by atoms with E-state index in [1.165, 1.54) is 0 Å². The van der Waals surface area contributed by atoms with Crippen LogP contribution in [0.25, 0.3) is 0 Å². The van der Waals surface area contributed by atoms with Gasteiger partial charge in [-0.2, -0.15) is 0 Å². The minimum absolute atomic E-state index is 0.0345. The quantitative estimate of drug-likeness (QED) is 0.808. The van der Waals surface area contributed by atoms with Crippen LogP contribution in [0, 0.1) is 17.8 Å². The highest BCUT2D eigenvalue weighted by atomic mass is 16.5. The highest BCUT2D eigenvalue weighted by Crippen LogP contribution is 2.14. The Hall–Kier alpha value is -1.46. The Bertz CT molecular complexity index is 413. The molecule has 1 atom stereocenters. The molecule has 1 aromatic rings. The zero-order valence-corrected chi connectivity index (χ0v) is 11.6. The van der Waals surface area contributed by atoms with E-state index >= 15 is 0 Å². The Kier molecular flexibility index (Phi) is 6.32. The van der Waals surface area contributed by atoms with Crippen molar-refractivity contribution >= 4 is 0 Å². The lowest BCUT2D eigenvalue weighted by Gasteiger charge is -2.12. The molecule has 0 aliphatic rings. The summed E-state index contributed by atoms with van der Waals surface area (Å²) >= 11 is 0. The number of ether oxygens (including phenoxy) is 1. The van der Waals surface area contributed by atoms with E-state index in [0.717, 1.165) is 24.2 Å². The first-order valence-corrected chi connectivity index (χ1v) is 6.67. The van der Waals surface area contributed by atoms with Crippen LogP contribution in [0.15, 0.2) is 24.3 Å². The molecule has 0 aliphatic heterocycles. The van der Waals surface area contributed by atoms with Crippen molar-refractivity contribution in [3.8, 4) is 17.6 Å². The number of hydrogen-bond donors (Lipinski definition) is 1. The van der Waals surface area contributed by atoms with E-state index in [1.807, 2.05) is 31.2 Å². The van der Waals surface area contributed by atoms with E-state index in [2.05, 4.69) is 25.7 Å². The first-order valence-electron chi connectivity index (χ1n) is 6.67. The molecule has 1 aromatic carbocycles. The fourth-order valence-corrected chi connectivity index (χ4v) is 1.61. The highest BCUT2D eigenvalue weighted by Gasteiger charge is 2.01. The van der Waals surface area contributed by atoms with Gasteiger partial charge in [-0.3, -0.25) is 0 Å². The van der Waals surface area contributed by atoms with E-state index in [4.69, 9.17) is 10.5 Å². The maximum Gasteiger partial charge on any atom is 0.121 e. The van der Waals surface area contributed by atoms with Gasteiger partial charge in [-0.05, 0) is 38.0 Å². The molecule has 1 unspecified atom stereocenters. The van der Waals surface area contributed by atoms with E-state index in [0.29, 0.717) is 12.5 Å². The number of rotatable bonds is 5. The van der Waals surface area contributed by atoms with Crippen molar-refractivity contribution in [2.24, 2.45) is 11.7 Å². The molecule has 1 rings (SSSR count). The topological polar surface area (TPSA) is 35.2 Å². The molecule has 0 amide bonds. The summed E-state index contributed by atoms with van der Waals surface area (Å²) in [4.78, 5) is 0. The van der Waals surface area contributed by atoms with Crippen LogP contribution >= 0.6 is 0 Å². The van der Waals surface area contributed by atoms with Gasteiger partial charge in [0.25, 0.3) is 0 Å². The Balaban J connectivity index is 2.75. The van der Waals surface area contributed by atoms with Crippen molar-refractivity contribution in [1.29, 1.82) is 0 Å². The van der Waals surface area contributed by atoms with Gasteiger partial charge < -0.3 is 10.5 Å². The van der Waals surface area contributed by atoms with Gasteiger partial charge >= 0.3 is 0 Å². The van der Waals surface area contributed by atoms with Crippen LogP contribution in [0.3, 0.4) is 0 Å². The molecule has 0 radical (unpaired) electrons. The maximum absolute atomic E-state index is 5.67. The van der Waals surface area contributed by atoms with Crippen molar-refractivity contribution in [2.75, 3.05) is 6.54 Å². The lowest BCUT2D eigenvalue weighted by atomic mass is 10.0. The number of nitrogens with two attached hydrogens (primary N) is 1. The highest BCUT2D eigenvalue weighted by molar-refractivity contribution is 5.40. The van der Waals surface area contributed by atoms with Crippen molar-refractivity contribution in [3.63, 3.8) is 0 Å². The molecular weight excluding hydrogens is 222 g/mol. The van der Waals surface area contributed by atoms with Gasteiger partial charge in [0.15, 0.2) is 0 Å². The van der Waals surface area contributed by atoms with Crippen molar-refractivity contribution in [3.05, 3.63) is 29.8 Å². The molecule has 0 aromatic heterocycles. The van der Waals surface area contributed by atoms with Crippen molar-refractivity contribution in [1.82, 2.24) is 0 Å². The zero-order chi connectivity index (χ0) is 13.4.